The number of sulfonamides is 1. The molecule has 8 nitrogen and oxygen atoms in total. The molecule has 0 aliphatic carbocycles. The summed E-state index contributed by atoms with van der Waals surface area (Å²) in [5, 5.41) is 5.66. The summed E-state index contributed by atoms with van der Waals surface area (Å²) in [5.74, 6) is 1.05. The Balaban J connectivity index is 1.41. The zero-order chi connectivity index (χ0) is 21.3. The summed E-state index contributed by atoms with van der Waals surface area (Å²) in [6, 6.07) is 1.90. The van der Waals surface area contributed by atoms with Gasteiger partial charge in [0.2, 0.25) is 17.6 Å². The number of carbonyl (C=O) groups excluding carboxylic acids is 1. The first-order chi connectivity index (χ1) is 14.4. The zero-order valence-electron chi connectivity index (χ0n) is 17.4. The molecule has 2 aliphatic rings. The van der Waals surface area contributed by atoms with E-state index in [-0.39, 0.29) is 22.1 Å². The van der Waals surface area contributed by atoms with Crippen molar-refractivity contribution >= 4 is 27.3 Å². The van der Waals surface area contributed by atoms with E-state index in [1.807, 2.05) is 11.8 Å². The Kier molecular flexibility index (Phi) is 6.26. The second-order valence-corrected chi connectivity index (χ2v) is 11.2. The normalized spacial score (nSPS) is 21.8. The van der Waals surface area contributed by atoms with Gasteiger partial charge in [-0.3, -0.25) is 4.79 Å². The molecular weight excluding hydrogens is 424 g/mol. The van der Waals surface area contributed by atoms with Crippen molar-refractivity contribution in [2.45, 2.75) is 62.6 Å². The molecule has 2 aliphatic heterocycles. The minimum absolute atomic E-state index is 0.0808. The molecule has 164 valence electrons. The van der Waals surface area contributed by atoms with Crippen LogP contribution in [0.25, 0.3) is 11.4 Å². The molecule has 30 heavy (non-hydrogen) atoms. The van der Waals surface area contributed by atoms with Gasteiger partial charge in [0.15, 0.2) is 0 Å². The molecule has 10 heteroatoms. The molecule has 0 N–H and O–H groups in total. The lowest BCUT2D eigenvalue weighted by molar-refractivity contribution is -0.140. The van der Waals surface area contributed by atoms with Gasteiger partial charge in [0.1, 0.15) is 4.21 Å². The lowest BCUT2D eigenvalue weighted by Crippen LogP contribution is -2.48. The summed E-state index contributed by atoms with van der Waals surface area (Å²) < 4.78 is 33.1. The smallest absolute Gasteiger partial charge is 0.252 e. The van der Waals surface area contributed by atoms with Crippen molar-refractivity contribution in [1.29, 1.82) is 0 Å². The molecule has 0 unspecified atom stereocenters. The van der Waals surface area contributed by atoms with Crippen LogP contribution in [0.2, 0.25) is 0 Å². The molecule has 0 saturated carbocycles. The maximum atomic E-state index is 13.1. The van der Waals surface area contributed by atoms with Crippen molar-refractivity contribution in [2.24, 2.45) is 5.92 Å². The molecule has 4 rings (SSSR count). The van der Waals surface area contributed by atoms with Gasteiger partial charge < -0.3 is 9.42 Å². The van der Waals surface area contributed by atoms with E-state index in [4.69, 9.17) is 4.52 Å². The molecule has 0 radical (unpaired) electrons. The molecule has 2 aromatic heterocycles. The van der Waals surface area contributed by atoms with Crippen LogP contribution in [0, 0.1) is 5.92 Å². The van der Waals surface area contributed by atoms with E-state index in [2.05, 4.69) is 17.1 Å². The number of nitrogens with zero attached hydrogens (tertiary/aromatic N) is 4. The van der Waals surface area contributed by atoms with Crippen LogP contribution in [0.1, 0.15) is 51.8 Å². The number of aromatic nitrogens is 2. The molecule has 4 heterocycles. The number of amides is 1. The fraction of sp³-hybridized carbons (Fsp3) is 0.650. The summed E-state index contributed by atoms with van der Waals surface area (Å²) in [7, 11) is -3.59. The largest absolute Gasteiger partial charge is 0.340 e. The van der Waals surface area contributed by atoms with Crippen LogP contribution in [0.4, 0.5) is 0 Å². The van der Waals surface area contributed by atoms with Crippen LogP contribution >= 0.6 is 11.3 Å². The van der Waals surface area contributed by atoms with Crippen LogP contribution in [0.3, 0.4) is 0 Å². The van der Waals surface area contributed by atoms with E-state index in [1.54, 1.807) is 11.4 Å². The lowest BCUT2D eigenvalue weighted by atomic mass is 9.94. The molecule has 0 spiro atoms. The summed E-state index contributed by atoms with van der Waals surface area (Å²) in [5.41, 5.74) is 0.645. The molecular formula is C20H28N4O4S2. The van der Waals surface area contributed by atoms with Gasteiger partial charge >= 0.3 is 0 Å². The molecule has 0 bridgehead atoms. The maximum Gasteiger partial charge on any atom is 0.252 e. The van der Waals surface area contributed by atoms with E-state index < -0.39 is 10.0 Å². The summed E-state index contributed by atoms with van der Waals surface area (Å²) >= 11 is 1.17. The van der Waals surface area contributed by atoms with Crippen LogP contribution in [0.15, 0.2) is 20.2 Å². The summed E-state index contributed by atoms with van der Waals surface area (Å²) in [6.45, 7) is 5.60. The maximum absolute atomic E-state index is 13.1. The van der Waals surface area contributed by atoms with Gasteiger partial charge in [0.05, 0.1) is 0 Å². The standard InChI is InChI=1S/C20H28N4O4S2/c1-3-17-21-19(22-28-17)16-12-18(29-13-16)30(26,27)23-10-7-15(8-11-23)20(25)24-9-5-4-6-14(24)2/h12-15H,3-11H2,1-2H3/t14-/m0/s1. The molecule has 0 aromatic carbocycles. The second-order valence-electron chi connectivity index (χ2n) is 8.07. The fourth-order valence-electron chi connectivity index (χ4n) is 4.22. The van der Waals surface area contributed by atoms with Crippen molar-refractivity contribution < 1.29 is 17.7 Å². The van der Waals surface area contributed by atoms with E-state index in [0.29, 0.717) is 49.6 Å². The van der Waals surface area contributed by atoms with Crippen molar-refractivity contribution in [1.82, 2.24) is 19.3 Å². The molecule has 1 atom stereocenters. The predicted molar refractivity (Wildman–Crippen MR) is 113 cm³/mol. The van der Waals surface area contributed by atoms with Crippen LogP contribution in [0.5, 0.6) is 0 Å². The number of rotatable bonds is 5. The minimum atomic E-state index is -3.59. The van der Waals surface area contributed by atoms with Crippen LogP contribution in [-0.4, -0.2) is 59.3 Å². The van der Waals surface area contributed by atoms with E-state index >= 15 is 0 Å². The number of thiophene rings is 1. The van der Waals surface area contributed by atoms with Crippen molar-refractivity contribution in [3.8, 4) is 11.4 Å². The van der Waals surface area contributed by atoms with Crippen molar-refractivity contribution in [3.05, 3.63) is 17.3 Å². The van der Waals surface area contributed by atoms with Gasteiger partial charge in [-0.05, 0) is 45.1 Å². The third-order valence-electron chi connectivity index (χ3n) is 6.09. The summed E-state index contributed by atoms with van der Waals surface area (Å²) in [4.78, 5) is 19.2. The highest BCUT2D eigenvalue weighted by atomic mass is 32.2. The Hall–Kier alpha value is -1.78. The lowest BCUT2D eigenvalue weighted by Gasteiger charge is -2.38. The van der Waals surface area contributed by atoms with Crippen molar-refractivity contribution in [2.75, 3.05) is 19.6 Å². The van der Waals surface area contributed by atoms with Crippen molar-refractivity contribution in [3.63, 3.8) is 0 Å². The number of piperidine rings is 2. The van der Waals surface area contributed by atoms with Gasteiger partial charge in [-0.2, -0.15) is 9.29 Å². The second kappa shape index (κ2) is 8.76. The quantitative estimate of drug-likeness (QED) is 0.691. The van der Waals surface area contributed by atoms with Gasteiger partial charge in [0.25, 0.3) is 10.0 Å². The highest BCUT2D eigenvalue weighted by Crippen LogP contribution is 2.32. The van der Waals surface area contributed by atoms with Gasteiger partial charge in [-0.15, -0.1) is 11.3 Å². The van der Waals surface area contributed by atoms with E-state index in [0.717, 1.165) is 19.4 Å². The SMILES string of the molecule is CCc1nc(-c2csc(S(=O)(=O)N3CCC(C(=O)N4CCCC[C@@H]4C)CC3)c2)no1. The fourth-order valence-corrected chi connectivity index (χ4v) is 7.00. The summed E-state index contributed by atoms with van der Waals surface area (Å²) in [6.07, 6.45) is 5.07. The van der Waals surface area contributed by atoms with Crippen LogP contribution in [-0.2, 0) is 21.2 Å². The number of likely N-dealkylation sites (tertiary alicyclic amines) is 1. The Bertz CT molecular complexity index is 992. The van der Waals surface area contributed by atoms with E-state index in [1.165, 1.54) is 22.1 Å². The third-order valence-corrected chi connectivity index (χ3v) is 9.40. The number of aryl methyl sites for hydroxylation is 1. The van der Waals surface area contributed by atoms with Gasteiger partial charge in [-0.1, -0.05) is 12.1 Å². The Morgan fingerprint density at radius 3 is 2.67 bits per heavy atom. The first-order valence-corrected chi connectivity index (χ1v) is 12.9. The minimum Gasteiger partial charge on any atom is -0.340 e. The number of hydrogen-bond donors (Lipinski definition) is 0. The number of hydrogen-bond acceptors (Lipinski definition) is 7. The first-order valence-electron chi connectivity index (χ1n) is 10.6. The highest BCUT2D eigenvalue weighted by molar-refractivity contribution is 7.91. The molecule has 1 amide bonds. The highest BCUT2D eigenvalue weighted by Gasteiger charge is 2.36. The Labute approximate surface area is 181 Å². The number of carbonyl (C=O) groups is 1. The zero-order valence-corrected chi connectivity index (χ0v) is 19.0. The average Bonchev–Trinajstić information content (AvgIpc) is 3.43. The van der Waals surface area contributed by atoms with Gasteiger partial charge in [-0.25, -0.2) is 8.42 Å². The Morgan fingerprint density at radius 1 is 1.23 bits per heavy atom. The topological polar surface area (TPSA) is 96.6 Å². The predicted octanol–water partition coefficient (Wildman–Crippen LogP) is 3.16. The van der Waals surface area contributed by atoms with Gasteiger partial charge in [0, 0.05) is 49.0 Å². The molecule has 2 fully saturated rings. The average molecular weight is 453 g/mol. The Morgan fingerprint density at radius 2 is 2.00 bits per heavy atom. The van der Waals surface area contributed by atoms with E-state index in [9.17, 15) is 13.2 Å². The first kappa shape index (κ1) is 21.5. The molecule has 2 aromatic rings. The third kappa shape index (κ3) is 4.17. The monoisotopic (exact) mass is 452 g/mol. The molecule has 2 saturated heterocycles. The van der Waals surface area contributed by atoms with Crippen LogP contribution < -0.4 is 0 Å².